The third-order valence-corrected chi connectivity index (χ3v) is 4.62. The van der Waals surface area contributed by atoms with Gasteiger partial charge in [0.2, 0.25) is 0 Å². The van der Waals surface area contributed by atoms with Crippen molar-refractivity contribution in [3.63, 3.8) is 0 Å². The minimum absolute atomic E-state index is 0.384. The fourth-order valence-electron chi connectivity index (χ4n) is 1.73. The standard InChI is InChI=1S/C17H26INO4/c1-16(2,3)23-15(20)19-12-17(4,11-18)22-10-13-7-6-8-14(9-13)21-5/h6-9H,10-12H2,1-5H3,(H,19,20). The van der Waals surface area contributed by atoms with E-state index in [1.807, 2.05) is 52.0 Å². The van der Waals surface area contributed by atoms with Crippen LogP contribution in [0.4, 0.5) is 4.79 Å². The Morgan fingerprint density at radius 2 is 1.96 bits per heavy atom. The van der Waals surface area contributed by atoms with Gasteiger partial charge >= 0.3 is 6.09 Å². The van der Waals surface area contributed by atoms with Crippen molar-refractivity contribution in [2.45, 2.75) is 45.5 Å². The number of hydrogen-bond acceptors (Lipinski definition) is 4. The Bertz CT molecular complexity index is 516. The number of halogens is 1. The molecule has 0 saturated heterocycles. The van der Waals surface area contributed by atoms with E-state index in [1.54, 1.807) is 7.11 Å². The van der Waals surface area contributed by atoms with E-state index in [-0.39, 0.29) is 0 Å². The van der Waals surface area contributed by atoms with Gasteiger partial charge in [-0.2, -0.15) is 0 Å². The van der Waals surface area contributed by atoms with Gasteiger partial charge in [-0.1, -0.05) is 34.7 Å². The first-order valence-electron chi connectivity index (χ1n) is 7.47. The molecule has 0 aliphatic rings. The molecule has 0 aromatic heterocycles. The molecule has 0 spiro atoms. The molecule has 1 aromatic carbocycles. The SMILES string of the molecule is COc1cccc(COC(C)(CI)CNC(=O)OC(C)(C)C)c1. The molecule has 0 fully saturated rings. The second kappa shape index (κ2) is 8.73. The Kier molecular flexibility index (Phi) is 7.60. The van der Waals surface area contributed by atoms with E-state index in [2.05, 4.69) is 27.9 Å². The summed E-state index contributed by atoms with van der Waals surface area (Å²) in [5, 5.41) is 2.77. The van der Waals surface area contributed by atoms with Crippen LogP contribution in [-0.2, 0) is 16.1 Å². The van der Waals surface area contributed by atoms with Crippen LogP contribution < -0.4 is 10.1 Å². The predicted octanol–water partition coefficient (Wildman–Crippen LogP) is 3.93. The lowest BCUT2D eigenvalue weighted by Crippen LogP contribution is -2.45. The number of carbonyl (C=O) groups is 1. The van der Waals surface area contributed by atoms with Crippen LogP contribution in [0.15, 0.2) is 24.3 Å². The number of methoxy groups -OCH3 is 1. The number of alkyl carbamates (subject to hydrolysis) is 1. The fourth-order valence-corrected chi connectivity index (χ4v) is 2.22. The van der Waals surface area contributed by atoms with Gasteiger partial charge in [0, 0.05) is 4.43 Å². The van der Waals surface area contributed by atoms with Gasteiger partial charge < -0.3 is 19.5 Å². The summed E-state index contributed by atoms with van der Waals surface area (Å²) in [7, 11) is 1.64. The van der Waals surface area contributed by atoms with Crippen molar-refractivity contribution in [2.24, 2.45) is 0 Å². The first-order chi connectivity index (χ1) is 10.7. The van der Waals surface area contributed by atoms with E-state index in [0.717, 1.165) is 15.7 Å². The summed E-state index contributed by atoms with van der Waals surface area (Å²) in [6, 6.07) is 7.75. The van der Waals surface area contributed by atoms with Gasteiger partial charge in [0.05, 0.1) is 25.9 Å². The van der Waals surface area contributed by atoms with Crippen LogP contribution in [0, 0.1) is 0 Å². The zero-order valence-electron chi connectivity index (χ0n) is 14.4. The first kappa shape index (κ1) is 20.0. The molecule has 130 valence electrons. The molecule has 1 N–H and O–H groups in total. The minimum Gasteiger partial charge on any atom is -0.497 e. The maximum absolute atomic E-state index is 11.8. The molecule has 1 amide bonds. The van der Waals surface area contributed by atoms with Gasteiger partial charge in [-0.3, -0.25) is 0 Å². The maximum atomic E-state index is 11.8. The molecule has 0 saturated carbocycles. The highest BCUT2D eigenvalue weighted by Gasteiger charge is 2.26. The quantitative estimate of drug-likeness (QED) is 0.521. The summed E-state index contributed by atoms with van der Waals surface area (Å²) in [5.41, 5.74) is 0.0463. The summed E-state index contributed by atoms with van der Waals surface area (Å²) in [4.78, 5) is 11.8. The van der Waals surface area contributed by atoms with Crippen LogP contribution in [0.5, 0.6) is 5.75 Å². The number of alkyl halides is 1. The second-order valence-corrected chi connectivity index (χ2v) is 7.34. The maximum Gasteiger partial charge on any atom is 0.407 e. The van der Waals surface area contributed by atoms with Gasteiger partial charge in [0.15, 0.2) is 0 Å². The Labute approximate surface area is 152 Å². The summed E-state index contributed by atoms with van der Waals surface area (Å²) in [6.07, 6.45) is -0.432. The normalized spacial score (nSPS) is 14.0. The highest BCUT2D eigenvalue weighted by atomic mass is 127. The van der Waals surface area contributed by atoms with E-state index in [0.29, 0.717) is 13.2 Å². The second-order valence-electron chi connectivity index (χ2n) is 6.58. The van der Waals surface area contributed by atoms with Crippen molar-refractivity contribution in [1.29, 1.82) is 0 Å². The molecular weight excluding hydrogens is 409 g/mol. The van der Waals surface area contributed by atoms with E-state index >= 15 is 0 Å². The lowest BCUT2D eigenvalue weighted by molar-refractivity contribution is -0.0246. The molecule has 0 aliphatic carbocycles. The zero-order chi connectivity index (χ0) is 17.5. The van der Waals surface area contributed by atoms with Gasteiger partial charge in [0.1, 0.15) is 11.4 Å². The third kappa shape index (κ3) is 7.87. The first-order valence-corrected chi connectivity index (χ1v) is 9.00. The number of benzene rings is 1. The monoisotopic (exact) mass is 435 g/mol. The van der Waals surface area contributed by atoms with Crippen LogP contribution >= 0.6 is 22.6 Å². The van der Waals surface area contributed by atoms with E-state index < -0.39 is 17.3 Å². The molecule has 0 bridgehead atoms. The van der Waals surface area contributed by atoms with E-state index in [1.165, 1.54) is 0 Å². The smallest absolute Gasteiger partial charge is 0.407 e. The average Bonchev–Trinajstić information content (AvgIpc) is 2.49. The molecule has 1 aromatic rings. The molecule has 0 heterocycles. The predicted molar refractivity (Wildman–Crippen MR) is 99.3 cm³/mol. The number of ether oxygens (including phenoxy) is 3. The third-order valence-electron chi connectivity index (χ3n) is 3.01. The number of amides is 1. The number of nitrogens with one attached hydrogen (secondary N) is 1. The lowest BCUT2D eigenvalue weighted by Gasteiger charge is -2.29. The van der Waals surface area contributed by atoms with Gasteiger partial charge in [-0.05, 0) is 45.4 Å². The molecule has 6 heteroatoms. The topological polar surface area (TPSA) is 56.8 Å². The van der Waals surface area contributed by atoms with Crippen LogP contribution in [0.2, 0.25) is 0 Å². The van der Waals surface area contributed by atoms with Crippen molar-refractivity contribution in [3.8, 4) is 5.75 Å². The van der Waals surface area contributed by atoms with Gasteiger partial charge in [-0.15, -0.1) is 0 Å². The highest BCUT2D eigenvalue weighted by Crippen LogP contribution is 2.19. The molecule has 1 unspecified atom stereocenters. The number of carbonyl (C=O) groups excluding carboxylic acids is 1. The summed E-state index contributed by atoms with van der Waals surface area (Å²) < 4.78 is 17.2. The van der Waals surface area contributed by atoms with Crippen LogP contribution in [0.1, 0.15) is 33.3 Å². The molecular formula is C17H26INO4. The van der Waals surface area contributed by atoms with Crippen molar-refractivity contribution >= 4 is 28.7 Å². The largest absolute Gasteiger partial charge is 0.497 e. The molecule has 1 atom stereocenters. The van der Waals surface area contributed by atoms with Crippen molar-refractivity contribution in [3.05, 3.63) is 29.8 Å². The average molecular weight is 435 g/mol. The Hall–Kier alpha value is -1.02. The van der Waals surface area contributed by atoms with Crippen LogP contribution in [0.25, 0.3) is 0 Å². The molecule has 23 heavy (non-hydrogen) atoms. The van der Waals surface area contributed by atoms with Crippen molar-refractivity contribution in [1.82, 2.24) is 5.32 Å². The molecule has 0 aliphatic heterocycles. The fraction of sp³-hybridized carbons (Fsp3) is 0.588. The van der Waals surface area contributed by atoms with Crippen molar-refractivity contribution < 1.29 is 19.0 Å². The number of rotatable bonds is 7. The van der Waals surface area contributed by atoms with E-state index in [4.69, 9.17) is 14.2 Å². The number of hydrogen-bond donors (Lipinski definition) is 1. The summed E-state index contributed by atoms with van der Waals surface area (Å²) in [6.45, 7) is 8.31. The van der Waals surface area contributed by atoms with Gasteiger partial charge in [0.25, 0.3) is 0 Å². The summed E-state index contributed by atoms with van der Waals surface area (Å²) in [5.74, 6) is 0.800. The van der Waals surface area contributed by atoms with Crippen LogP contribution in [0.3, 0.4) is 0 Å². The zero-order valence-corrected chi connectivity index (χ0v) is 16.6. The van der Waals surface area contributed by atoms with Crippen LogP contribution in [-0.4, -0.2) is 35.4 Å². The Morgan fingerprint density at radius 1 is 1.26 bits per heavy atom. The molecule has 5 nitrogen and oxygen atoms in total. The lowest BCUT2D eigenvalue weighted by atomic mass is 10.1. The Balaban J connectivity index is 2.54. The molecule has 0 radical (unpaired) electrons. The minimum atomic E-state index is -0.508. The van der Waals surface area contributed by atoms with E-state index in [9.17, 15) is 4.79 Å². The summed E-state index contributed by atoms with van der Waals surface area (Å²) >= 11 is 2.26. The van der Waals surface area contributed by atoms with Gasteiger partial charge in [-0.25, -0.2) is 4.79 Å². The van der Waals surface area contributed by atoms with Crippen molar-refractivity contribution in [2.75, 3.05) is 18.1 Å². The molecule has 1 rings (SSSR count). The highest BCUT2D eigenvalue weighted by molar-refractivity contribution is 14.1. The Morgan fingerprint density at radius 3 is 2.52 bits per heavy atom.